The third-order valence-electron chi connectivity index (χ3n) is 1.05. The Labute approximate surface area is 55.6 Å². The van der Waals surface area contributed by atoms with Crippen LogP contribution in [0.3, 0.4) is 0 Å². The Morgan fingerprint density at radius 2 is 2.22 bits per heavy atom. The SMILES string of the molecule is [2H]OCNc1ccccc1. The van der Waals surface area contributed by atoms with Crippen LogP contribution < -0.4 is 5.32 Å². The lowest BCUT2D eigenvalue weighted by molar-refractivity contribution is 0.325. The molecule has 2 nitrogen and oxygen atoms in total. The third-order valence-corrected chi connectivity index (χ3v) is 1.05. The monoisotopic (exact) mass is 124 g/mol. The van der Waals surface area contributed by atoms with Gasteiger partial charge in [0, 0.05) is 5.69 Å². The second kappa shape index (κ2) is 3.10. The number of benzene rings is 1. The zero-order valence-corrected chi connectivity index (χ0v) is 5.00. The molecule has 0 radical (unpaired) electrons. The molecule has 2 heteroatoms. The minimum atomic E-state index is 0.226. The van der Waals surface area contributed by atoms with Crippen molar-refractivity contribution >= 4 is 5.69 Å². The normalized spacial score (nSPS) is 10.4. The highest BCUT2D eigenvalue weighted by atomic mass is 16.3. The van der Waals surface area contributed by atoms with Crippen molar-refractivity contribution in [2.75, 3.05) is 12.0 Å². The smallest absolute Gasteiger partial charge is 0.212 e. The van der Waals surface area contributed by atoms with Crippen molar-refractivity contribution < 1.29 is 5.11 Å². The molecule has 0 saturated carbocycles. The molecular weight excluding hydrogens is 114 g/mol. The van der Waals surface area contributed by atoms with Crippen molar-refractivity contribution in [2.24, 2.45) is 0 Å². The van der Waals surface area contributed by atoms with Crippen LogP contribution in [0.15, 0.2) is 30.3 Å². The van der Waals surface area contributed by atoms with Gasteiger partial charge in [0.1, 0.15) is 6.73 Å². The summed E-state index contributed by atoms with van der Waals surface area (Å²) in [7, 11) is 0. The van der Waals surface area contributed by atoms with Crippen LogP contribution in [-0.4, -0.2) is 13.3 Å². The molecule has 1 rings (SSSR count). The molecule has 9 heavy (non-hydrogen) atoms. The lowest BCUT2D eigenvalue weighted by Gasteiger charge is -1.98. The zero-order chi connectivity index (χ0) is 7.23. The van der Waals surface area contributed by atoms with Gasteiger partial charge in [0.2, 0.25) is 1.43 Å². The predicted molar refractivity (Wildman–Crippen MR) is 37.2 cm³/mol. The van der Waals surface area contributed by atoms with Crippen molar-refractivity contribution in [3.8, 4) is 0 Å². The number of hydrogen-bond acceptors (Lipinski definition) is 2. The molecule has 2 N–H and O–H groups in total. The van der Waals surface area contributed by atoms with E-state index in [-0.39, 0.29) is 6.73 Å². The molecule has 0 atom stereocenters. The van der Waals surface area contributed by atoms with Gasteiger partial charge in [-0.05, 0) is 12.1 Å². The van der Waals surface area contributed by atoms with E-state index < -0.39 is 0 Å². The van der Waals surface area contributed by atoms with Gasteiger partial charge in [0.05, 0.1) is 0 Å². The van der Waals surface area contributed by atoms with E-state index in [0.29, 0.717) is 0 Å². The van der Waals surface area contributed by atoms with E-state index in [1.165, 1.54) is 0 Å². The largest absolute Gasteiger partial charge is 0.377 e. The standard InChI is InChI=1S/C7H9NO/c9-6-8-7-4-2-1-3-5-7/h1-5,8-9H,6H2/i9D. The topological polar surface area (TPSA) is 32.3 Å². The first kappa shape index (κ1) is 4.82. The number of anilines is 1. The maximum Gasteiger partial charge on any atom is 0.212 e. The van der Waals surface area contributed by atoms with E-state index in [4.69, 9.17) is 1.43 Å². The van der Waals surface area contributed by atoms with Crippen LogP contribution in [0.1, 0.15) is 0 Å². The van der Waals surface area contributed by atoms with Gasteiger partial charge in [-0.15, -0.1) is 0 Å². The molecule has 0 aliphatic carbocycles. The molecule has 0 aromatic heterocycles. The summed E-state index contributed by atoms with van der Waals surface area (Å²) < 4.78 is 6.39. The summed E-state index contributed by atoms with van der Waals surface area (Å²) in [6, 6.07) is 9.61. The maximum absolute atomic E-state index is 6.39. The first-order chi connectivity index (χ1) is 4.93. The van der Waals surface area contributed by atoms with Gasteiger partial charge in [0.25, 0.3) is 0 Å². The van der Waals surface area contributed by atoms with Crippen LogP contribution in [0.5, 0.6) is 0 Å². The Morgan fingerprint density at radius 3 is 2.89 bits per heavy atom. The van der Waals surface area contributed by atoms with Gasteiger partial charge in [-0.1, -0.05) is 18.2 Å². The maximum atomic E-state index is 6.39. The van der Waals surface area contributed by atoms with Crippen LogP contribution in [0.2, 0.25) is 0 Å². The summed E-state index contributed by atoms with van der Waals surface area (Å²) in [4.78, 5) is 0. The molecule has 1 aromatic rings. The summed E-state index contributed by atoms with van der Waals surface area (Å²) in [5.74, 6) is 0. The highest BCUT2D eigenvalue weighted by molar-refractivity contribution is 5.41. The van der Waals surface area contributed by atoms with Crippen LogP contribution in [0.25, 0.3) is 0 Å². The number of aliphatic hydroxyl groups is 1. The van der Waals surface area contributed by atoms with Crippen LogP contribution >= 0.6 is 0 Å². The first-order valence-electron chi connectivity index (χ1n) is 3.21. The number of nitrogens with one attached hydrogen (secondary N) is 1. The Morgan fingerprint density at radius 1 is 1.44 bits per heavy atom. The fraction of sp³-hybridized carbons (Fsp3) is 0.143. The Balaban J connectivity index is 2.43. The Kier molecular flexibility index (Phi) is 1.66. The summed E-state index contributed by atoms with van der Waals surface area (Å²) in [6.07, 6.45) is 0. The minimum absolute atomic E-state index is 0.226. The summed E-state index contributed by atoms with van der Waals surface area (Å²) in [5.41, 5.74) is 0.967. The lowest BCUT2D eigenvalue weighted by atomic mass is 10.3. The second-order valence-corrected chi connectivity index (χ2v) is 1.69. The first-order valence-corrected chi connectivity index (χ1v) is 2.80. The number of hydrogen-bond donors (Lipinski definition) is 2. The van der Waals surface area contributed by atoms with E-state index in [2.05, 4.69) is 10.4 Å². The van der Waals surface area contributed by atoms with Crippen molar-refractivity contribution in [3.63, 3.8) is 0 Å². The Hall–Kier alpha value is -1.02. The molecule has 48 valence electrons. The fourth-order valence-electron chi connectivity index (χ4n) is 0.639. The highest BCUT2D eigenvalue weighted by Crippen LogP contribution is 2.02. The molecule has 0 bridgehead atoms. The van der Waals surface area contributed by atoms with E-state index in [1.807, 2.05) is 30.3 Å². The van der Waals surface area contributed by atoms with E-state index >= 15 is 0 Å². The molecule has 0 unspecified atom stereocenters. The van der Waals surface area contributed by atoms with E-state index in [9.17, 15) is 0 Å². The molecule has 0 fully saturated rings. The molecule has 1 aromatic carbocycles. The number of para-hydroxylation sites is 1. The molecule has 0 saturated heterocycles. The molecule has 0 amide bonds. The lowest BCUT2D eigenvalue weighted by Crippen LogP contribution is -1.97. The van der Waals surface area contributed by atoms with Crippen LogP contribution in [-0.2, 0) is 0 Å². The van der Waals surface area contributed by atoms with Crippen LogP contribution in [0.4, 0.5) is 5.69 Å². The van der Waals surface area contributed by atoms with Crippen molar-refractivity contribution in [2.45, 2.75) is 0 Å². The molecule has 0 heterocycles. The number of aliphatic hydroxyl groups excluding tert-OH is 1. The van der Waals surface area contributed by atoms with Gasteiger partial charge in [-0.3, -0.25) is 0 Å². The van der Waals surface area contributed by atoms with Crippen molar-refractivity contribution in [1.29, 1.82) is 1.43 Å². The van der Waals surface area contributed by atoms with Gasteiger partial charge in [-0.25, -0.2) is 0 Å². The van der Waals surface area contributed by atoms with E-state index in [1.54, 1.807) is 0 Å². The minimum Gasteiger partial charge on any atom is -0.377 e. The Bertz CT molecular complexity index is 178. The van der Waals surface area contributed by atoms with Crippen molar-refractivity contribution in [3.05, 3.63) is 30.3 Å². The zero-order valence-electron chi connectivity index (χ0n) is 6.00. The second-order valence-electron chi connectivity index (χ2n) is 1.69. The third kappa shape index (κ3) is 1.74. The quantitative estimate of drug-likeness (QED) is 0.590. The predicted octanol–water partition coefficient (Wildman–Crippen LogP) is 1.05. The number of rotatable bonds is 3. The highest BCUT2D eigenvalue weighted by Gasteiger charge is 1.82. The molecular formula is C7H9NO. The average molecular weight is 124 g/mol. The fourth-order valence-corrected chi connectivity index (χ4v) is 0.639. The molecule has 0 aliphatic rings. The average Bonchev–Trinajstić information content (AvgIpc) is 2.03. The summed E-state index contributed by atoms with van der Waals surface area (Å²) >= 11 is 0. The van der Waals surface area contributed by atoms with Crippen LogP contribution in [0, 0.1) is 0 Å². The van der Waals surface area contributed by atoms with Gasteiger partial charge >= 0.3 is 0 Å². The van der Waals surface area contributed by atoms with Crippen molar-refractivity contribution in [1.82, 2.24) is 0 Å². The van der Waals surface area contributed by atoms with Gasteiger partial charge in [-0.2, -0.15) is 0 Å². The summed E-state index contributed by atoms with van der Waals surface area (Å²) in [6.45, 7) is 0.226. The van der Waals surface area contributed by atoms with Gasteiger partial charge in [0.15, 0.2) is 0 Å². The van der Waals surface area contributed by atoms with E-state index in [0.717, 1.165) is 5.69 Å². The molecule has 0 aliphatic heterocycles. The van der Waals surface area contributed by atoms with Gasteiger partial charge < -0.3 is 10.4 Å². The molecule has 0 spiro atoms. The summed E-state index contributed by atoms with van der Waals surface area (Å²) in [5, 5.41) is 6.97.